The highest BCUT2D eigenvalue weighted by Gasteiger charge is 2.33. The lowest BCUT2D eigenvalue weighted by Gasteiger charge is -2.43. The fourth-order valence-electron chi connectivity index (χ4n) is 4.17. The molecule has 3 rings (SSSR count). The maximum absolute atomic E-state index is 12.5. The van der Waals surface area contributed by atoms with E-state index in [0.29, 0.717) is 23.4 Å². The van der Waals surface area contributed by atoms with E-state index in [9.17, 15) is 9.90 Å². The zero-order chi connectivity index (χ0) is 26.6. The summed E-state index contributed by atoms with van der Waals surface area (Å²) in [5.41, 5.74) is 1.48. The number of ether oxygens (including phenoxy) is 1. The quantitative estimate of drug-likeness (QED) is 0.287. The molecule has 9 nitrogen and oxygen atoms in total. The molecule has 0 heterocycles. The Balaban J connectivity index is 0.000000678. The molecule has 1 atom stereocenters. The number of nitrogens with zero attached hydrogens (tertiary/aromatic N) is 1. The van der Waals surface area contributed by atoms with Crippen molar-refractivity contribution in [1.82, 2.24) is 10.2 Å². The number of carbonyl (C=O) groups is 3. The van der Waals surface area contributed by atoms with Crippen molar-refractivity contribution >= 4 is 17.7 Å². The van der Waals surface area contributed by atoms with Gasteiger partial charge in [-0.05, 0) is 51.2 Å². The van der Waals surface area contributed by atoms with E-state index in [1.54, 1.807) is 24.3 Å². The molecule has 1 unspecified atom stereocenters. The molecule has 0 bridgehead atoms. The molecule has 2 aromatic rings. The highest BCUT2D eigenvalue weighted by atomic mass is 16.5. The number of hydrogen-bond donors (Lipinski definition) is 4. The Morgan fingerprint density at radius 3 is 2.00 bits per heavy atom. The Morgan fingerprint density at radius 2 is 1.47 bits per heavy atom. The van der Waals surface area contributed by atoms with E-state index < -0.39 is 18.0 Å². The molecule has 1 saturated carbocycles. The number of hydrogen-bond acceptors (Lipinski definition) is 7. The van der Waals surface area contributed by atoms with Crippen molar-refractivity contribution in [3.05, 3.63) is 65.7 Å². The first-order valence-corrected chi connectivity index (χ1v) is 12.0. The third kappa shape index (κ3) is 9.07. The van der Waals surface area contributed by atoms with E-state index in [4.69, 9.17) is 24.5 Å². The van der Waals surface area contributed by atoms with Crippen LogP contribution >= 0.6 is 0 Å². The Morgan fingerprint density at radius 1 is 0.917 bits per heavy atom. The summed E-state index contributed by atoms with van der Waals surface area (Å²) in [7, 11) is 4.30. The second-order valence-electron chi connectivity index (χ2n) is 9.10. The molecule has 0 aromatic heterocycles. The van der Waals surface area contributed by atoms with Gasteiger partial charge in [0.1, 0.15) is 18.5 Å². The average molecular weight is 501 g/mol. The van der Waals surface area contributed by atoms with Crippen molar-refractivity contribution in [3.63, 3.8) is 0 Å². The first-order chi connectivity index (χ1) is 17.1. The first kappa shape index (κ1) is 29.0. The predicted octanol–water partition coefficient (Wildman–Crippen LogP) is 2.67. The van der Waals surface area contributed by atoms with Crippen LogP contribution in [0.1, 0.15) is 48.0 Å². The number of ketones is 1. The van der Waals surface area contributed by atoms with Gasteiger partial charge in [-0.1, -0.05) is 49.6 Å². The third-order valence-electron chi connectivity index (χ3n) is 6.34. The number of carboxylic acid groups (broad SMARTS) is 2. The van der Waals surface area contributed by atoms with Crippen molar-refractivity contribution in [2.24, 2.45) is 0 Å². The molecular weight excluding hydrogens is 464 g/mol. The Labute approximate surface area is 211 Å². The number of aliphatic hydroxyl groups is 1. The Hall–Kier alpha value is -3.27. The average Bonchev–Trinajstić information content (AvgIpc) is 2.88. The second-order valence-corrected chi connectivity index (χ2v) is 9.10. The topological polar surface area (TPSA) is 136 Å². The lowest BCUT2D eigenvalue weighted by molar-refractivity contribution is -0.159. The molecule has 2 aromatic carbocycles. The van der Waals surface area contributed by atoms with E-state index in [0.717, 1.165) is 6.54 Å². The van der Waals surface area contributed by atoms with E-state index in [-0.39, 0.29) is 17.9 Å². The summed E-state index contributed by atoms with van der Waals surface area (Å²) < 4.78 is 5.71. The molecule has 36 heavy (non-hydrogen) atoms. The first-order valence-electron chi connectivity index (χ1n) is 12.0. The van der Waals surface area contributed by atoms with E-state index in [1.807, 2.05) is 30.3 Å². The molecule has 196 valence electrons. The molecule has 0 radical (unpaired) electrons. The van der Waals surface area contributed by atoms with Gasteiger partial charge in [0.25, 0.3) is 0 Å². The molecular formula is C27H36N2O7. The van der Waals surface area contributed by atoms with Crippen LogP contribution < -0.4 is 10.1 Å². The highest BCUT2D eigenvalue weighted by Crippen LogP contribution is 2.31. The largest absolute Gasteiger partial charge is 0.491 e. The van der Waals surface area contributed by atoms with Crippen molar-refractivity contribution in [2.75, 3.05) is 33.8 Å². The number of carboxylic acids is 2. The number of aliphatic hydroxyl groups excluding tert-OH is 1. The highest BCUT2D eigenvalue weighted by molar-refractivity contribution is 6.27. The summed E-state index contributed by atoms with van der Waals surface area (Å²) in [5, 5.41) is 28.5. The maximum Gasteiger partial charge on any atom is 0.414 e. The summed E-state index contributed by atoms with van der Waals surface area (Å²) in [6.45, 7) is 1.60. The molecule has 0 saturated heterocycles. The van der Waals surface area contributed by atoms with Crippen LogP contribution in [0.4, 0.5) is 0 Å². The van der Waals surface area contributed by atoms with Gasteiger partial charge in [0.15, 0.2) is 5.78 Å². The predicted molar refractivity (Wildman–Crippen MR) is 135 cm³/mol. The number of likely N-dealkylation sites (N-methyl/N-ethyl adjacent to an activating group) is 1. The van der Waals surface area contributed by atoms with Gasteiger partial charge in [0, 0.05) is 29.8 Å². The SMILES string of the molecule is CN(C)C1(CNCC(O)COc2ccc(C(=O)c3ccccc3)cc2)CCCCC1.O=C(O)C(=O)O. The van der Waals surface area contributed by atoms with Crippen molar-refractivity contribution in [2.45, 2.75) is 43.7 Å². The van der Waals surface area contributed by atoms with Gasteiger partial charge in [-0.3, -0.25) is 4.79 Å². The minimum Gasteiger partial charge on any atom is -0.491 e. The smallest absolute Gasteiger partial charge is 0.414 e. The standard InChI is InChI=1S/C25H34N2O3.C2H2O4/c1-27(2)25(15-7-4-8-16-25)19-26-17-22(28)18-30-23-13-11-21(12-14-23)24(29)20-9-5-3-6-10-20;3-1(4)2(5)6/h3,5-6,9-14,22,26,28H,4,7-8,15-19H2,1-2H3;(H,3,4)(H,5,6). The van der Waals surface area contributed by atoms with Gasteiger partial charge in [-0.2, -0.15) is 0 Å². The lowest BCUT2D eigenvalue weighted by Crippen LogP contribution is -2.53. The molecule has 1 fully saturated rings. The number of benzene rings is 2. The third-order valence-corrected chi connectivity index (χ3v) is 6.34. The summed E-state index contributed by atoms with van der Waals surface area (Å²) in [6.07, 6.45) is 5.68. The Bertz CT molecular complexity index is 959. The number of nitrogens with one attached hydrogen (secondary N) is 1. The van der Waals surface area contributed by atoms with Gasteiger partial charge >= 0.3 is 11.9 Å². The van der Waals surface area contributed by atoms with Crippen LogP contribution in [0.15, 0.2) is 54.6 Å². The fourth-order valence-corrected chi connectivity index (χ4v) is 4.17. The van der Waals surface area contributed by atoms with Crippen LogP contribution in [0.2, 0.25) is 0 Å². The molecule has 0 aliphatic heterocycles. The van der Waals surface area contributed by atoms with Gasteiger partial charge in [0.2, 0.25) is 0 Å². The second kappa shape index (κ2) is 14.3. The minimum absolute atomic E-state index is 0.0103. The monoisotopic (exact) mass is 500 g/mol. The Kier molecular flexibility index (Phi) is 11.5. The van der Waals surface area contributed by atoms with E-state index in [1.165, 1.54) is 32.1 Å². The number of rotatable bonds is 10. The van der Waals surface area contributed by atoms with Gasteiger partial charge in [0.05, 0.1) is 0 Å². The number of aliphatic carboxylic acids is 2. The summed E-state index contributed by atoms with van der Waals surface area (Å²) in [4.78, 5) is 33.0. The van der Waals surface area contributed by atoms with Crippen molar-refractivity contribution in [1.29, 1.82) is 0 Å². The van der Waals surface area contributed by atoms with Crippen molar-refractivity contribution in [3.8, 4) is 5.75 Å². The zero-order valence-electron chi connectivity index (χ0n) is 20.9. The molecule has 4 N–H and O–H groups in total. The van der Waals surface area contributed by atoms with Crippen LogP contribution in [0.3, 0.4) is 0 Å². The summed E-state index contributed by atoms with van der Waals surface area (Å²) in [5.74, 6) is -3.01. The lowest BCUT2D eigenvalue weighted by atomic mass is 9.80. The molecule has 9 heteroatoms. The molecule has 0 amide bonds. The van der Waals surface area contributed by atoms with Crippen LogP contribution in [-0.4, -0.2) is 83.4 Å². The van der Waals surface area contributed by atoms with Gasteiger partial charge < -0.3 is 30.3 Å². The van der Waals surface area contributed by atoms with Crippen LogP contribution in [0.25, 0.3) is 0 Å². The maximum atomic E-state index is 12.5. The van der Waals surface area contributed by atoms with Crippen molar-refractivity contribution < 1.29 is 34.4 Å². The van der Waals surface area contributed by atoms with Crippen LogP contribution in [-0.2, 0) is 9.59 Å². The minimum atomic E-state index is -1.82. The summed E-state index contributed by atoms with van der Waals surface area (Å²) in [6, 6.07) is 16.3. The van der Waals surface area contributed by atoms with Crippen LogP contribution in [0.5, 0.6) is 5.75 Å². The van der Waals surface area contributed by atoms with Gasteiger partial charge in [-0.15, -0.1) is 0 Å². The van der Waals surface area contributed by atoms with Crippen LogP contribution in [0, 0.1) is 0 Å². The van der Waals surface area contributed by atoms with E-state index >= 15 is 0 Å². The molecule has 1 aliphatic rings. The molecule has 1 aliphatic carbocycles. The van der Waals surface area contributed by atoms with Gasteiger partial charge in [-0.25, -0.2) is 9.59 Å². The van der Waals surface area contributed by atoms with E-state index in [2.05, 4.69) is 24.3 Å². The summed E-state index contributed by atoms with van der Waals surface area (Å²) >= 11 is 0. The normalized spacial score (nSPS) is 15.3. The zero-order valence-corrected chi connectivity index (χ0v) is 20.9. The molecule has 0 spiro atoms. The fraction of sp³-hybridized carbons (Fsp3) is 0.444. The number of carbonyl (C=O) groups excluding carboxylic acids is 1.